The molecule has 0 saturated carbocycles. The summed E-state index contributed by atoms with van der Waals surface area (Å²) < 4.78 is 1.78. The van der Waals surface area contributed by atoms with E-state index in [0.29, 0.717) is 5.39 Å². The van der Waals surface area contributed by atoms with E-state index >= 15 is 0 Å². The zero-order valence-electron chi connectivity index (χ0n) is 14.4. The Hall–Kier alpha value is -2.46. The highest BCUT2D eigenvalue weighted by atomic mass is 16.1. The van der Waals surface area contributed by atoms with Crippen molar-refractivity contribution >= 4 is 10.9 Å². The van der Waals surface area contributed by atoms with Gasteiger partial charge < -0.3 is 4.90 Å². The second kappa shape index (κ2) is 7.19. The molecular weight excluding hydrogens is 310 g/mol. The van der Waals surface area contributed by atoms with Gasteiger partial charge in [0, 0.05) is 13.0 Å². The van der Waals surface area contributed by atoms with Crippen molar-refractivity contribution < 1.29 is 0 Å². The first-order valence-corrected chi connectivity index (χ1v) is 9.11. The van der Waals surface area contributed by atoms with Crippen LogP contribution in [0.25, 0.3) is 16.6 Å². The van der Waals surface area contributed by atoms with Crippen LogP contribution in [-0.2, 0) is 6.42 Å². The second-order valence-electron chi connectivity index (χ2n) is 6.67. The van der Waals surface area contributed by atoms with Gasteiger partial charge in [-0.05, 0) is 50.2 Å². The van der Waals surface area contributed by atoms with Crippen molar-refractivity contribution in [3.8, 4) is 5.69 Å². The van der Waals surface area contributed by atoms with Crippen LogP contribution in [-0.4, -0.2) is 34.1 Å². The summed E-state index contributed by atoms with van der Waals surface area (Å²) in [6.07, 6.45) is 4.67. The predicted molar refractivity (Wildman–Crippen MR) is 101 cm³/mol. The van der Waals surface area contributed by atoms with Gasteiger partial charge in [-0.15, -0.1) is 0 Å². The predicted octanol–water partition coefficient (Wildman–Crippen LogP) is 3.41. The van der Waals surface area contributed by atoms with E-state index < -0.39 is 0 Å². The number of para-hydroxylation sites is 2. The molecule has 4 heteroatoms. The minimum absolute atomic E-state index is 0.0189. The van der Waals surface area contributed by atoms with Crippen LogP contribution in [0.4, 0.5) is 0 Å². The Labute approximate surface area is 147 Å². The number of likely N-dealkylation sites (tertiary alicyclic amines) is 1. The van der Waals surface area contributed by atoms with Crippen molar-refractivity contribution in [2.75, 3.05) is 19.6 Å². The number of fused-ring (bicyclic) bond motifs is 1. The van der Waals surface area contributed by atoms with Gasteiger partial charge in [0.1, 0.15) is 5.82 Å². The van der Waals surface area contributed by atoms with Crippen LogP contribution in [0, 0.1) is 0 Å². The molecule has 1 aromatic heterocycles. The number of hydrogen-bond acceptors (Lipinski definition) is 3. The smallest absolute Gasteiger partial charge is 0.265 e. The van der Waals surface area contributed by atoms with E-state index in [1.807, 2.05) is 54.6 Å². The molecule has 2 aromatic carbocycles. The molecule has 1 aliphatic rings. The highest BCUT2D eigenvalue weighted by molar-refractivity contribution is 5.77. The summed E-state index contributed by atoms with van der Waals surface area (Å²) >= 11 is 0. The van der Waals surface area contributed by atoms with Crippen molar-refractivity contribution in [3.05, 3.63) is 70.8 Å². The number of nitrogens with zero attached hydrogens (tertiary/aromatic N) is 3. The van der Waals surface area contributed by atoms with Gasteiger partial charge in [0.15, 0.2) is 0 Å². The first-order valence-electron chi connectivity index (χ1n) is 9.11. The standard InChI is InChI=1S/C21H23N3O/c25-21-18-11-5-6-12-19(18)22-20(13-16-23-14-7-2-8-15-23)24(21)17-9-3-1-4-10-17/h1,3-6,9-12H,2,7-8,13-16H2. The van der Waals surface area contributed by atoms with Crippen LogP contribution in [0.15, 0.2) is 59.4 Å². The molecule has 0 radical (unpaired) electrons. The molecule has 2 heterocycles. The van der Waals surface area contributed by atoms with Crippen LogP contribution in [0.3, 0.4) is 0 Å². The van der Waals surface area contributed by atoms with E-state index in [0.717, 1.165) is 43.1 Å². The lowest BCUT2D eigenvalue weighted by Gasteiger charge is -2.26. The highest BCUT2D eigenvalue weighted by Crippen LogP contribution is 2.15. The Morgan fingerprint density at radius 1 is 0.880 bits per heavy atom. The van der Waals surface area contributed by atoms with Gasteiger partial charge in [0.05, 0.1) is 16.6 Å². The number of piperidine rings is 1. The number of rotatable bonds is 4. The maximum atomic E-state index is 13.1. The zero-order chi connectivity index (χ0) is 17.1. The quantitative estimate of drug-likeness (QED) is 0.734. The molecule has 128 valence electrons. The SMILES string of the molecule is O=c1c2ccccc2nc(CCN2CCCCC2)n1-c1ccccc1. The Kier molecular flexibility index (Phi) is 4.61. The van der Waals surface area contributed by atoms with E-state index in [-0.39, 0.29) is 5.56 Å². The Bertz CT molecular complexity index is 911. The van der Waals surface area contributed by atoms with Crippen LogP contribution in [0.2, 0.25) is 0 Å². The van der Waals surface area contributed by atoms with Gasteiger partial charge in [-0.3, -0.25) is 9.36 Å². The zero-order valence-corrected chi connectivity index (χ0v) is 14.4. The maximum Gasteiger partial charge on any atom is 0.265 e. The molecule has 1 aliphatic heterocycles. The summed E-state index contributed by atoms with van der Waals surface area (Å²) in [6, 6.07) is 17.5. The fourth-order valence-corrected chi connectivity index (χ4v) is 3.63. The van der Waals surface area contributed by atoms with Crippen molar-refractivity contribution in [1.29, 1.82) is 0 Å². The lowest BCUT2D eigenvalue weighted by molar-refractivity contribution is 0.230. The fraction of sp³-hybridized carbons (Fsp3) is 0.333. The largest absolute Gasteiger partial charge is 0.303 e. The van der Waals surface area contributed by atoms with Gasteiger partial charge in [-0.2, -0.15) is 0 Å². The molecule has 0 bridgehead atoms. The summed E-state index contributed by atoms with van der Waals surface area (Å²) in [5.74, 6) is 0.848. The number of benzene rings is 2. The van der Waals surface area contributed by atoms with Crippen LogP contribution < -0.4 is 5.56 Å². The average molecular weight is 333 g/mol. The molecule has 4 rings (SSSR count). The molecular formula is C21H23N3O. The fourth-order valence-electron chi connectivity index (χ4n) is 3.63. The summed E-state index contributed by atoms with van der Waals surface area (Å²) in [6.45, 7) is 3.27. The van der Waals surface area contributed by atoms with Crippen molar-refractivity contribution in [2.24, 2.45) is 0 Å². The van der Waals surface area contributed by atoms with Gasteiger partial charge in [-0.25, -0.2) is 4.98 Å². The summed E-state index contributed by atoms with van der Waals surface area (Å²) in [5.41, 5.74) is 1.69. The summed E-state index contributed by atoms with van der Waals surface area (Å²) in [4.78, 5) is 20.4. The summed E-state index contributed by atoms with van der Waals surface area (Å²) in [7, 11) is 0. The molecule has 0 N–H and O–H groups in total. The van der Waals surface area contributed by atoms with Crippen molar-refractivity contribution in [2.45, 2.75) is 25.7 Å². The molecule has 0 spiro atoms. The third-order valence-electron chi connectivity index (χ3n) is 4.96. The minimum Gasteiger partial charge on any atom is -0.303 e. The Balaban J connectivity index is 1.76. The third kappa shape index (κ3) is 3.35. The van der Waals surface area contributed by atoms with Gasteiger partial charge in [-0.1, -0.05) is 36.8 Å². The van der Waals surface area contributed by atoms with Gasteiger partial charge >= 0.3 is 0 Å². The molecule has 0 aliphatic carbocycles. The van der Waals surface area contributed by atoms with E-state index in [1.54, 1.807) is 4.57 Å². The van der Waals surface area contributed by atoms with Gasteiger partial charge in [0.25, 0.3) is 5.56 Å². The molecule has 1 saturated heterocycles. The number of hydrogen-bond donors (Lipinski definition) is 0. The van der Waals surface area contributed by atoms with Crippen molar-refractivity contribution in [3.63, 3.8) is 0 Å². The maximum absolute atomic E-state index is 13.1. The van der Waals surface area contributed by atoms with Gasteiger partial charge in [0.2, 0.25) is 0 Å². The number of aromatic nitrogens is 2. The molecule has 3 aromatic rings. The Morgan fingerprint density at radius 3 is 2.40 bits per heavy atom. The monoisotopic (exact) mass is 333 g/mol. The topological polar surface area (TPSA) is 38.1 Å². The van der Waals surface area contributed by atoms with Crippen LogP contribution >= 0.6 is 0 Å². The first kappa shape index (κ1) is 16.0. The van der Waals surface area contributed by atoms with E-state index in [2.05, 4.69) is 4.90 Å². The normalized spacial score (nSPS) is 15.5. The lowest BCUT2D eigenvalue weighted by Crippen LogP contribution is -2.33. The van der Waals surface area contributed by atoms with E-state index in [9.17, 15) is 4.79 Å². The Morgan fingerprint density at radius 2 is 1.60 bits per heavy atom. The molecule has 0 unspecified atom stereocenters. The molecule has 4 nitrogen and oxygen atoms in total. The van der Waals surface area contributed by atoms with Crippen LogP contribution in [0.5, 0.6) is 0 Å². The average Bonchev–Trinajstić information content (AvgIpc) is 2.68. The van der Waals surface area contributed by atoms with E-state index in [4.69, 9.17) is 4.98 Å². The molecule has 1 fully saturated rings. The first-order chi connectivity index (χ1) is 12.3. The second-order valence-corrected chi connectivity index (χ2v) is 6.67. The highest BCUT2D eigenvalue weighted by Gasteiger charge is 2.15. The molecule has 0 amide bonds. The van der Waals surface area contributed by atoms with Crippen LogP contribution in [0.1, 0.15) is 25.1 Å². The minimum atomic E-state index is 0.0189. The third-order valence-corrected chi connectivity index (χ3v) is 4.96. The molecule has 25 heavy (non-hydrogen) atoms. The summed E-state index contributed by atoms with van der Waals surface area (Å²) in [5, 5.41) is 0.674. The lowest BCUT2D eigenvalue weighted by atomic mass is 10.1. The molecule has 0 atom stereocenters. The van der Waals surface area contributed by atoms with E-state index in [1.165, 1.54) is 19.3 Å². The van der Waals surface area contributed by atoms with Crippen molar-refractivity contribution in [1.82, 2.24) is 14.5 Å².